The summed E-state index contributed by atoms with van der Waals surface area (Å²) < 4.78 is 11.4. The Labute approximate surface area is 125 Å². The topological polar surface area (TPSA) is 47.7 Å². The Morgan fingerprint density at radius 3 is 2.57 bits per heavy atom. The van der Waals surface area contributed by atoms with Crippen LogP contribution in [0.3, 0.4) is 0 Å². The van der Waals surface area contributed by atoms with Crippen molar-refractivity contribution < 1.29 is 9.47 Å². The van der Waals surface area contributed by atoms with Gasteiger partial charge in [0.1, 0.15) is 12.4 Å². The molecule has 0 spiro atoms. The summed E-state index contributed by atoms with van der Waals surface area (Å²) in [4.78, 5) is 2.28. The highest BCUT2D eigenvalue weighted by Crippen LogP contribution is 2.31. The number of anilines is 2. The van der Waals surface area contributed by atoms with E-state index in [2.05, 4.69) is 17.0 Å². The van der Waals surface area contributed by atoms with E-state index >= 15 is 0 Å². The fraction of sp³-hybridized carbons (Fsp3) is 0.294. The van der Waals surface area contributed by atoms with E-state index in [0.717, 1.165) is 49.0 Å². The zero-order valence-corrected chi connectivity index (χ0v) is 12.0. The number of nitrogens with zero attached hydrogens (tertiary/aromatic N) is 1. The van der Waals surface area contributed by atoms with Crippen LogP contribution < -0.4 is 15.4 Å². The fourth-order valence-electron chi connectivity index (χ4n) is 2.45. The average molecular weight is 284 g/mol. The second-order valence-corrected chi connectivity index (χ2v) is 5.10. The van der Waals surface area contributed by atoms with E-state index < -0.39 is 0 Å². The molecule has 21 heavy (non-hydrogen) atoms. The summed E-state index contributed by atoms with van der Waals surface area (Å²) in [5.41, 5.74) is 8.85. The maximum atomic E-state index is 5.99. The molecule has 1 aliphatic heterocycles. The van der Waals surface area contributed by atoms with E-state index in [1.807, 2.05) is 36.4 Å². The molecule has 3 rings (SSSR count). The van der Waals surface area contributed by atoms with Gasteiger partial charge in [-0.05, 0) is 17.7 Å². The third-order valence-electron chi connectivity index (χ3n) is 3.57. The van der Waals surface area contributed by atoms with Crippen LogP contribution in [-0.2, 0) is 11.3 Å². The van der Waals surface area contributed by atoms with Crippen LogP contribution in [0, 0.1) is 0 Å². The zero-order chi connectivity index (χ0) is 14.5. The van der Waals surface area contributed by atoms with E-state index in [1.165, 1.54) is 0 Å². The van der Waals surface area contributed by atoms with E-state index in [9.17, 15) is 0 Å². The largest absolute Gasteiger partial charge is 0.487 e. The highest BCUT2D eigenvalue weighted by molar-refractivity contribution is 5.64. The molecular formula is C17H20N2O2. The summed E-state index contributed by atoms with van der Waals surface area (Å²) in [5.74, 6) is 0.834. The molecule has 1 heterocycles. The Morgan fingerprint density at radius 2 is 1.81 bits per heavy atom. The minimum atomic E-state index is 0.543. The number of hydrogen-bond donors (Lipinski definition) is 1. The van der Waals surface area contributed by atoms with Gasteiger partial charge in [-0.1, -0.05) is 30.3 Å². The molecule has 0 amide bonds. The molecule has 4 heteroatoms. The lowest BCUT2D eigenvalue weighted by atomic mass is 10.2. The highest BCUT2D eigenvalue weighted by atomic mass is 16.5. The molecule has 0 atom stereocenters. The lowest BCUT2D eigenvalue weighted by Crippen LogP contribution is -2.36. The molecule has 1 aliphatic rings. The maximum absolute atomic E-state index is 5.99. The quantitative estimate of drug-likeness (QED) is 0.877. The monoisotopic (exact) mass is 284 g/mol. The Balaban J connectivity index is 1.77. The lowest BCUT2D eigenvalue weighted by molar-refractivity contribution is 0.122. The molecule has 1 fully saturated rings. The maximum Gasteiger partial charge on any atom is 0.145 e. The SMILES string of the molecule is Nc1ccc(N2CCOCC2)c(OCc2ccccc2)c1. The standard InChI is InChI=1S/C17H20N2O2/c18-15-6-7-16(19-8-10-20-11-9-19)17(12-15)21-13-14-4-2-1-3-5-14/h1-7,12H,8-11,13,18H2. The summed E-state index contributed by atoms with van der Waals surface area (Å²) in [5, 5.41) is 0. The summed E-state index contributed by atoms with van der Waals surface area (Å²) >= 11 is 0. The van der Waals surface area contributed by atoms with Crippen LogP contribution in [0.15, 0.2) is 48.5 Å². The summed E-state index contributed by atoms with van der Waals surface area (Å²) in [7, 11) is 0. The summed E-state index contributed by atoms with van der Waals surface area (Å²) in [6.45, 7) is 3.81. The van der Waals surface area contributed by atoms with E-state index in [1.54, 1.807) is 0 Å². The first-order chi connectivity index (χ1) is 10.3. The van der Waals surface area contributed by atoms with Gasteiger partial charge in [0.2, 0.25) is 0 Å². The highest BCUT2D eigenvalue weighted by Gasteiger charge is 2.16. The predicted octanol–water partition coefficient (Wildman–Crippen LogP) is 2.68. The van der Waals surface area contributed by atoms with Crippen molar-refractivity contribution >= 4 is 11.4 Å². The Morgan fingerprint density at radius 1 is 1.05 bits per heavy atom. The van der Waals surface area contributed by atoms with Gasteiger partial charge in [-0.25, -0.2) is 0 Å². The molecule has 110 valence electrons. The van der Waals surface area contributed by atoms with E-state index in [-0.39, 0.29) is 0 Å². The van der Waals surface area contributed by atoms with Crippen molar-refractivity contribution in [1.82, 2.24) is 0 Å². The molecule has 2 N–H and O–H groups in total. The van der Waals surface area contributed by atoms with Gasteiger partial charge in [0.15, 0.2) is 0 Å². The molecule has 1 saturated heterocycles. The molecule has 0 aromatic heterocycles. The summed E-state index contributed by atoms with van der Waals surface area (Å²) in [6.07, 6.45) is 0. The van der Waals surface area contributed by atoms with Gasteiger partial charge in [-0.2, -0.15) is 0 Å². The van der Waals surface area contributed by atoms with Crippen LogP contribution in [0.2, 0.25) is 0 Å². The van der Waals surface area contributed by atoms with Crippen LogP contribution in [0.4, 0.5) is 11.4 Å². The van der Waals surface area contributed by atoms with Crippen molar-refractivity contribution in [3.63, 3.8) is 0 Å². The van der Waals surface area contributed by atoms with Crippen molar-refractivity contribution in [2.75, 3.05) is 36.9 Å². The lowest BCUT2D eigenvalue weighted by Gasteiger charge is -2.30. The van der Waals surface area contributed by atoms with Crippen molar-refractivity contribution in [1.29, 1.82) is 0 Å². The molecule has 4 nitrogen and oxygen atoms in total. The Kier molecular flexibility index (Phi) is 4.26. The number of nitrogen functional groups attached to an aromatic ring is 1. The van der Waals surface area contributed by atoms with Crippen molar-refractivity contribution in [3.8, 4) is 5.75 Å². The zero-order valence-electron chi connectivity index (χ0n) is 12.0. The van der Waals surface area contributed by atoms with Crippen LogP contribution in [0.5, 0.6) is 5.75 Å². The molecule has 0 saturated carbocycles. The number of morpholine rings is 1. The predicted molar refractivity (Wildman–Crippen MR) is 84.7 cm³/mol. The smallest absolute Gasteiger partial charge is 0.145 e. The average Bonchev–Trinajstić information content (AvgIpc) is 2.55. The molecule has 0 unspecified atom stereocenters. The first-order valence-electron chi connectivity index (χ1n) is 7.22. The first-order valence-corrected chi connectivity index (χ1v) is 7.22. The van der Waals surface area contributed by atoms with Crippen LogP contribution in [0.1, 0.15) is 5.56 Å². The Hall–Kier alpha value is -2.20. The van der Waals surface area contributed by atoms with Crippen molar-refractivity contribution in [3.05, 3.63) is 54.1 Å². The van der Waals surface area contributed by atoms with Gasteiger partial charge < -0.3 is 20.1 Å². The Bertz CT molecular complexity index is 581. The van der Waals surface area contributed by atoms with Crippen LogP contribution in [0.25, 0.3) is 0 Å². The molecule has 0 radical (unpaired) electrons. The van der Waals surface area contributed by atoms with E-state index in [0.29, 0.717) is 6.61 Å². The fourth-order valence-corrected chi connectivity index (χ4v) is 2.45. The van der Waals surface area contributed by atoms with Crippen molar-refractivity contribution in [2.24, 2.45) is 0 Å². The normalized spacial score (nSPS) is 15.0. The van der Waals surface area contributed by atoms with Crippen molar-refractivity contribution in [2.45, 2.75) is 6.61 Å². The van der Waals surface area contributed by atoms with Gasteiger partial charge in [0.25, 0.3) is 0 Å². The van der Waals surface area contributed by atoms with E-state index in [4.69, 9.17) is 15.2 Å². The molecule has 0 bridgehead atoms. The number of nitrogens with two attached hydrogens (primary N) is 1. The van der Waals surface area contributed by atoms with Gasteiger partial charge in [-0.15, -0.1) is 0 Å². The van der Waals surface area contributed by atoms with Gasteiger partial charge in [0.05, 0.1) is 18.9 Å². The number of hydrogen-bond acceptors (Lipinski definition) is 4. The number of rotatable bonds is 4. The number of benzene rings is 2. The minimum absolute atomic E-state index is 0.543. The molecule has 0 aliphatic carbocycles. The molecule has 2 aromatic carbocycles. The minimum Gasteiger partial charge on any atom is -0.487 e. The second-order valence-electron chi connectivity index (χ2n) is 5.10. The third kappa shape index (κ3) is 3.47. The number of ether oxygens (including phenoxy) is 2. The van der Waals surface area contributed by atoms with Gasteiger partial charge in [0, 0.05) is 24.8 Å². The second kappa shape index (κ2) is 6.50. The molecule has 2 aromatic rings. The van der Waals surface area contributed by atoms with Crippen LogP contribution >= 0.6 is 0 Å². The summed E-state index contributed by atoms with van der Waals surface area (Å²) in [6, 6.07) is 16.0. The van der Waals surface area contributed by atoms with Crippen LogP contribution in [-0.4, -0.2) is 26.3 Å². The first kappa shape index (κ1) is 13.8. The van der Waals surface area contributed by atoms with Gasteiger partial charge in [-0.3, -0.25) is 0 Å². The molecular weight excluding hydrogens is 264 g/mol. The third-order valence-corrected chi connectivity index (χ3v) is 3.57. The van der Waals surface area contributed by atoms with Gasteiger partial charge >= 0.3 is 0 Å².